The van der Waals surface area contributed by atoms with Gasteiger partial charge in [0.05, 0.1) is 18.5 Å². The monoisotopic (exact) mass is 432 g/mol. The highest BCUT2D eigenvalue weighted by molar-refractivity contribution is 5.94. The van der Waals surface area contributed by atoms with Crippen LogP contribution in [0, 0.1) is 0 Å². The smallest absolute Gasteiger partial charge is 0.277 e. The lowest BCUT2D eigenvalue weighted by atomic mass is 9.91. The zero-order valence-corrected chi connectivity index (χ0v) is 17.5. The number of fused-ring (bicyclic) bond motifs is 1. The molecule has 0 radical (unpaired) electrons. The third-order valence-corrected chi connectivity index (χ3v) is 6.09. The summed E-state index contributed by atoms with van der Waals surface area (Å²) in [6, 6.07) is 11.0. The number of nitrogens with zero attached hydrogens (tertiary/aromatic N) is 6. The van der Waals surface area contributed by atoms with Gasteiger partial charge in [-0.2, -0.15) is 5.10 Å². The largest absolute Gasteiger partial charge is 0.388 e. The molecule has 1 fully saturated rings. The number of hydrogen-bond donors (Lipinski definition) is 1. The summed E-state index contributed by atoms with van der Waals surface area (Å²) in [5, 5.41) is 15.3. The Morgan fingerprint density at radius 3 is 2.56 bits per heavy atom. The van der Waals surface area contributed by atoms with Gasteiger partial charge in [-0.05, 0) is 42.7 Å². The Balaban J connectivity index is 1.22. The molecule has 9 nitrogen and oxygen atoms in total. The predicted molar refractivity (Wildman–Crippen MR) is 117 cm³/mol. The first-order valence-electron chi connectivity index (χ1n) is 10.6. The van der Waals surface area contributed by atoms with Gasteiger partial charge >= 0.3 is 0 Å². The van der Waals surface area contributed by atoms with Gasteiger partial charge in [-0.1, -0.05) is 12.1 Å². The van der Waals surface area contributed by atoms with E-state index in [1.54, 1.807) is 35.8 Å². The quantitative estimate of drug-likeness (QED) is 0.514. The Labute approximate surface area is 184 Å². The Bertz CT molecular complexity index is 1280. The number of aliphatic hydroxyl groups is 1. The highest BCUT2D eigenvalue weighted by Gasteiger charge is 2.35. The van der Waals surface area contributed by atoms with Crippen molar-refractivity contribution in [2.45, 2.75) is 31.5 Å². The van der Waals surface area contributed by atoms with Crippen LogP contribution in [0.5, 0.6) is 0 Å². The second-order valence-corrected chi connectivity index (χ2v) is 8.35. The van der Waals surface area contributed by atoms with Crippen LogP contribution in [0.3, 0.4) is 0 Å². The second-order valence-electron chi connectivity index (χ2n) is 8.35. The molecule has 1 aliphatic heterocycles. The summed E-state index contributed by atoms with van der Waals surface area (Å²) < 4.78 is 4.94. The first kappa shape index (κ1) is 20.2. The molecule has 1 saturated heterocycles. The molecule has 1 N–H and O–H groups in total. The molecular weight excluding hydrogens is 408 g/mol. The summed E-state index contributed by atoms with van der Waals surface area (Å²) in [4.78, 5) is 31.3. The summed E-state index contributed by atoms with van der Waals surface area (Å²) in [5.74, 6) is -0.0466. The van der Waals surface area contributed by atoms with Crippen LogP contribution in [0.25, 0.3) is 5.52 Å². The average Bonchev–Trinajstić information content (AvgIpc) is 3.49. The molecule has 1 aromatic carbocycles. The maximum atomic E-state index is 12.9. The van der Waals surface area contributed by atoms with E-state index in [0.29, 0.717) is 43.6 Å². The van der Waals surface area contributed by atoms with Gasteiger partial charge in [-0.25, -0.2) is 9.50 Å². The number of imidazole rings is 1. The van der Waals surface area contributed by atoms with Crippen molar-refractivity contribution < 1.29 is 9.90 Å². The fourth-order valence-corrected chi connectivity index (χ4v) is 4.20. The summed E-state index contributed by atoms with van der Waals surface area (Å²) in [5.41, 5.74) is 0.949. The van der Waals surface area contributed by atoms with Crippen molar-refractivity contribution in [2.75, 3.05) is 13.1 Å². The lowest BCUT2D eigenvalue weighted by Crippen LogP contribution is -2.49. The van der Waals surface area contributed by atoms with Gasteiger partial charge in [-0.15, -0.1) is 0 Å². The normalized spacial score (nSPS) is 15.8. The van der Waals surface area contributed by atoms with E-state index in [2.05, 4.69) is 10.1 Å². The Morgan fingerprint density at radius 2 is 1.84 bits per heavy atom. The molecule has 3 aromatic heterocycles. The molecule has 9 heteroatoms. The van der Waals surface area contributed by atoms with Crippen LogP contribution in [0.1, 0.15) is 28.8 Å². The Kier molecular flexibility index (Phi) is 5.10. The molecule has 1 amide bonds. The predicted octanol–water partition coefficient (Wildman–Crippen LogP) is 1.41. The van der Waals surface area contributed by atoms with Gasteiger partial charge in [0.25, 0.3) is 11.5 Å². The maximum absolute atomic E-state index is 12.9. The van der Waals surface area contributed by atoms with Crippen LogP contribution in [0.2, 0.25) is 0 Å². The number of benzene rings is 1. The van der Waals surface area contributed by atoms with Crippen LogP contribution < -0.4 is 5.56 Å². The van der Waals surface area contributed by atoms with Crippen molar-refractivity contribution in [3.05, 3.63) is 89.1 Å². The number of carbonyl (C=O) groups is 1. The molecular formula is C23H24N6O3. The van der Waals surface area contributed by atoms with E-state index in [1.165, 1.54) is 15.4 Å². The summed E-state index contributed by atoms with van der Waals surface area (Å²) in [7, 11) is 0. The molecule has 4 heterocycles. The van der Waals surface area contributed by atoms with Crippen LogP contribution in [0.15, 0.2) is 72.4 Å². The van der Waals surface area contributed by atoms with E-state index in [0.717, 1.165) is 5.56 Å². The third kappa shape index (κ3) is 3.94. The van der Waals surface area contributed by atoms with Crippen molar-refractivity contribution in [1.29, 1.82) is 0 Å². The van der Waals surface area contributed by atoms with E-state index in [1.807, 2.05) is 35.0 Å². The molecule has 4 aromatic rings. The molecule has 0 atom stereocenters. The van der Waals surface area contributed by atoms with E-state index in [-0.39, 0.29) is 18.0 Å². The minimum absolute atomic E-state index is 0.0466. The number of likely N-dealkylation sites (tertiary alicyclic amines) is 1. The Hall–Kier alpha value is -3.72. The minimum Gasteiger partial charge on any atom is -0.388 e. The molecule has 0 aliphatic carbocycles. The number of piperidine rings is 1. The Morgan fingerprint density at radius 1 is 1.06 bits per heavy atom. The van der Waals surface area contributed by atoms with Gasteiger partial charge < -0.3 is 14.6 Å². The molecule has 5 rings (SSSR count). The van der Waals surface area contributed by atoms with Gasteiger partial charge in [0.1, 0.15) is 11.8 Å². The van der Waals surface area contributed by atoms with Crippen LogP contribution in [-0.4, -0.2) is 58.3 Å². The SMILES string of the molecule is O=C(c1ccc(Cn2ccnc2)cc1)N1CCC(O)(Cn2cnn3cccc3c2=O)CC1. The van der Waals surface area contributed by atoms with Crippen molar-refractivity contribution >= 4 is 11.4 Å². The number of aromatic nitrogens is 5. The third-order valence-electron chi connectivity index (χ3n) is 6.09. The van der Waals surface area contributed by atoms with Crippen molar-refractivity contribution in [3.63, 3.8) is 0 Å². The van der Waals surface area contributed by atoms with Gasteiger partial charge in [-0.3, -0.25) is 14.2 Å². The molecule has 0 bridgehead atoms. The highest BCUT2D eigenvalue weighted by atomic mass is 16.3. The van der Waals surface area contributed by atoms with Crippen LogP contribution >= 0.6 is 0 Å². The molecule has 32 heavy (non-hydrogen) atoms. The zero-order chi connectivity index (χ0) is 22.1. The molecule has 0 unspecified atom stereocenters. The average molecular weight is 432 g/mol. The van der Waals surface area contributed by atoms with Gasteiger partial charge in [0.15, 0.2) is 0 Å². The molecule has 0 spiro atoms. The highest BCUT2D eigenvalue weighted by Crippen LogP contribution is 2.25. The molecule has 164 valence electrons. The van der Waals surface area contributed by atoms with Crippen molar-refractivity contribution in [3.8, 4) is 0 Å². The maximum Gasteiger partial charge on any atom is 0.277 e. The van der Waals surface area contributed by atoms with Crippen LogP contribution in [-0.2, 0) is 13.1 Å². The standard InChI is InChI=1S/C23H24N6O3/c30-21(19-5-3-18(4-6-19)14-26-13-9-24-16-26)27-11-7-23(32,8-12-27)15-28-17-25-29-10-1-2-20(29)22(28)31/h1-6,9-10,13,16-17,32H,7-8,11-12,14-15H2. The second kappa shape index (κ2) is 8.08. The van der Waals surface area contributed by atoms with Gasteiger partial charge in [0.2, 0.25) is 0 Å². The summed E-state index contributed by atoms with van der Waals surface area (Å²) in [6.45, 7) is 1.73. The number of amides is 1. The van der Waals surface area contributed by atoms with E-state index >= 15 is 0 Å². The van der Waals surface area contributed by atoms with Crippen LogP contribution in [0.4, 0.5) is 0 Å². The van der Waals surface area contributed by atoms with Crippen molar-refractivity contribution in [2.24, 2.45) is 0 Å². The molecule has 1 aliphatic rings. The minimum atomic E-state index is -1.05. The number of hydrogen-bond acceptors (Lipinski definition) is 5. The molecule has 0 saturated carbocycles. The first-order chi connectivity index (χ1) is 15.5. The lowest BCUT2D eigenvalue weighted by Gasteiger charge is -2.38. The van der Waals surface area contributed by atoms with Gasteiger partial charge in [0, 0.05) is 43.8 Å². The topological polar surface area (TPSA) is 97.7 Å². The lowest BCUT2D eigenvalue weighted by molar-refractivity contribution is -0.0300. The summed E-state index contributed by atoms with van der Waals surface area (Å²) >= 11 is 0. The zero-order valence-electron chi connectivity index (χ0n) is 17.5. The van der Waals surface area contributed by atoms with E-state index in [4.69, 9.17) is 0 Å². The van der Waals surface area contributed by atoms with E-state index in [9.17, 15) is 14.7 Å². The summed E-state index contributed by atoms with van der Waals surface area (Å²) in [6.07, 6.45) is 9.36. The first-order valence-corrected chi connectivity index (χ1v) is 10.6. The fraction of sp³-hybridized carbons (Fsp3) is 0.304. The fourth-order valence-electron chi connectivity index (χ4n) is 4.20. The van der Waals surface area contributed by atoms with E-state index < -0.39 is 5.60 Å². The number of rotatable bonds is 5. The number of carbonyl (C=O) groups excluding carboxylic acids is 1. The van der Waals surface area contributed by atoms with Crippen molar-refractivity contribution in [1.82, 2.24) is 28.6 Å².